The lowest BCUT2D eigenvalue weighted by Crippen LogP contribution is -2.12. The summed E-state index contributed by atoms with van der Waals surface area (Å²) in [5.74, 6) is 0.869. The van der Waals surface area contributed by atoms with Gasteiger partial charge in [-0.25, -0.2) is 4.98 Å². The lowest BCUT2D eigenvalue weighted by molar-refractivity contribution is 0.111. The van der Waals surface area contributed by atoms with E-state index in [4.69, 9.17) is 4.74 Å². The fourth-order valence-corrected chi connectivity index (χ4v) is 3.30. The first-order chi connectivity index (χ1) is 11.6. The van der Waals surface area contributed by atoms with Gasteiger partial charge in [0.1, 0.15) is 11.4 Å². The lowest BCUT2D eigenvalue weighted by atomic mass is 10.1. The Balaban J connectivity index is 1.84. The highest BCUT2D eigenvalue weighted by Gasteiger charge is 2.41. The molecule has 0 radical (unpaired) electrons. The van der Waals surface area contributed by atoms with Crippen LogP contribution in [0.4, 0.5) is 0 Å². The topological polar surface area (TPSA) is 44.1 Å². The molecule has 3 aromatic rings. The number of aromatic nitrogens is 2. The first kappa shape index (κ1) is 14.9. The van der Waals surface area contributed by atoms with Crippen molar-refractivity contribution in [1.82, 2.24) is 9.55 Å². The number of ether oxygens (including phenoxy) is 1. The Kier molecular flexibility index (Phi) is 3.41. The van der Waals surface area contributed by atoms with E-state index in [1.54, 1.807) is 13.2 Å². The van der Waals surface area contributed by atoms with Crippen molar-refractivity contribution in [1.29, 1.82) is 0 Å². The van der Waals surface area contributed by atoms with Gasteiger partial charge in [0.05, 0.1) is 19.3 Å². The van der Waals surface area contributed by atoms with E-state index in [0.717, 1.165) is 17.7 Å². The van der Waals surface area contributed by atoms with Gasteiger partial charge in [-0.15, -0.1) is 0 Å². The van der Waals surface area contributed by atoms with Crippen LogP contribution in [0.2, 0.25) is 0 Å². The van der Waals surface area contributed by atoms with Gasteiger partial charge >= 0.3 is 0 Å². The van der Waals surface area contributed by atoms with Crippen molar-refractivity contribution in [3.63, 3.8) is 0 Å². The molecule has 0 N–H and O–H groups in total. The highest BCUT2D eigenvalue weighted by atomic mass is 16.5. The van der Waals surface area contributed by atoms with Crippen LogP contribution in [0, 0.1) is 0 Å². The summed E-state index contributed by atoms with van der Waals surface area (Å²) in [6.45, 7) is 2.98. The zero-order valence-electron chi connectivity index (χ0n) is 14.0. The van der Waals surface area contributed by atoms with Gasteiger partial charge in [0, 0.05) is 22.0 Å². The summed E-state index contributed by atoms with van der Waals surface area (Å²) in [6.07, 6.45) is 3.22. The molecule has 1 fully saturated rings. The SMILES string of the molecule is COc1ccc2c(c1)cc(C1(C)CC1)n2Cc1cccc(C=O)n1. The molecule has 2 heterocycles. The summed E-state index contributed by atoms with van der Waals surface area (Å²) in [5, 5.41) is 1.18. The summed E-state index contributed by atoms with van der Waals surface area (Å²) in [5.41, 5.74) is 4.14. The molecule has 1 aliphatic rings. The molecule has 0 amide bonds. The summed E-state index contributed by atoms with van der Waals surface area (Å²) in [6, 6.07) is 14.0. The third-order valence-corrected chi connectivity index (χ3v) is 5.00. The fraction of sp³-hybridized carbons (Fsp3) is 0.300. The Morgan fingerprint density at radius 1 is 1.25 bits per heavy atom. The standard InChI is InChI=1S/C20H20N2O2/c1-20(8-9-20)19-11-14-10-17(24-2)6-7-18(14)22(19)12-15-4-3-5-16(13-23)21-15/h3-7,10-11,13H,8-9,12H2,1-2H3. The van der Waals surface area contributed by atoms with Crippen LogP contribution >= 0.6 is 0 Å². The van der Waals surface area contributed by atoms with E-state index in [1.165, 1.54) is 29.4 Å². The number of aldehydes is 1. The number of carbonyl (C=O) groups is 1. The molecule has 0 spiro atoms. The van der Waals surface area contributed by atoms with E-state index >= 15 is 0 Å². The molecule has 4 rings (SSSR count). The second kappa shape index (κ2) is 5.48. The minimum absolute atomic E-state index is 0.245. The third-order valence-electron chi connectivity index (χ3n) is 5.00. The van der Waals surface area contributed by atoms with Gasteiger partial charge in [-0.05, 0) is 49.2 Å². The second-order valence-electron chi connectivity index (χ2n) is 6.77. The quantitative estimate of drug-likeness (QED) is 0.668. The summed E-state index contributed by atoms with van der Waals surface area (Å²) < 4.78 is 7.69. The highest BCUT2D eigenvalue weighted by molar-refractivity contribution is 5.83. The highest BCUT2D eigenvalue weighted by Crippen LogP contribution is 2.49. The van der Waals surface area contributed by atoms with Gasteiger partial charge in [-0.3, -0.25) is 4.79 Å². The number of hydrogen-bond acceptors (Lipinski definition) is 3. The van der Waals surface area contributed by atoms with Crippen molar-refractivity contribution in [2.24, 2.45) is 0 Å². The molecule has 0 unspecified atom stereocenters. The molecular formula is C20H20N2O2. The van der Waals surface area contributed by atoms with E-state index in [9.17, 15) is 4.79 Å². The van der Waals surface area contributed by atoms with Crippen molar-refractivity contribution in [3.05, 3.63) is 59.5 Å². The zero-order valence-corrected chi connectivity index (χ0v) is 14.0. The minimum atomic E-state index is 0.245. The molecule has 1 aromatic carbocycles. The smallest absolute Gasteiger partial charge is 0.168 e. The molecule has 4 nitrogen and oxygen atoms in total. The second-order valence-corrected chi connectivity index (χ2v) is 6.77. The Bertz CT molecular complexity index is 923. The number of hydrogen-bond donors (Lipinski definition) is 0. The molecule has 122 valence electrons. The summed E-state index contributed by atoms with van der Waals surface area (Å²) >= 11 is 0. The van der Waals surface area contributed by atoms with E-state index in [0.29, 0.717) is 12.2 Å². The monoisotopic (exact) mass is 320 g/mol. The number of rotatable bonds is 5. The average Bonchev–Trinajstić information content (AvgIpc) is 3.26. The van der Waals surface area contributed by atoms with Crippen LogP contribution in [-0.2, 0) is 12.0 Å². The molecule has 4 heteroatoms. The number of fused-ring (bicyclic) bond motifs is 1. The fourth-order valence-electron chi connectivity index (χ4n) is 3.30. The molecule has 2 aromatic heterocycles. The normalized spacial score (nSPS) is 15.4. The maximum atomic E-state index is 11.0. The zero-order chi connectivity index (χ0) is 16.7. The van der Waals surface area contributed by atoms with Crippen molar-refractivity contribution >= 4 is 17.2 Å². The minimum Gasteiger partial charge on any atom is -0.497 e. The van der Waals surface area contributed by atoms with Crippen LogP contribution in [-0.4, -0.2) is 22.9 Å². The molecular weight excluding hydrogens is 300 g/mol. The average molecular weight is 320 g/mol. The molecule has 1 aliphatic carbocycles. The van der Waals surface area contributed by atoms with E-state index in [2.05, 4.69) is 34.7 Å². The number of carbonyl (C=O) groups excluding carboxylic acids is 1. The van der Waals surface area contributed by atoms with Crippen molar-refractivity contribution in [2.45, 2.75) is 31.7 Å². The lowest BCUT2D eigenvalue weighted by Gasteiger charge is -2.15. The molecule has 0 aliphatic heterocycles. The molecule has 0 atom stereocenters. The summed E-state index contributed by atoms with van der Waals surface area (Å²) in [4.78, 5) is 15.4. The van der Waals surface area contributed by atoms with Crippen LogP contribution in [0.25, 0.3) is 10.9 Å². The predicted octanol–water partition coefficient (Wildman–Crippen LogP) is 3.96. The van der Waals surface area contributed by atoms with Crippen LogP contribution in [0.1, 0.15) is 41.6 Å². The molecule has 24 heavy (non-hydrogen) atoms. The first-order valence-corrected chi connectivity index (χ1v) is 8.22. The van der Waals surface area contributed by atoms with Crippen LogP contribution in [0.15, 0.2) is 42.5 Å². The van der Waals surface area contributed by atoms with Crippen molar-refractivity contribution in [2.75, 3.05) is 7.11 Å². The van der Waals surface area contributed by atoms with E-state index < -0.39 is 0 Å². The maximum absolute atomic E-state index is 11.0. The maximum Gasteiger partial charge on any atom is 0.168 e. The Labute approximate surface area is 141 Å². The Morgan fingerprint density at radius 2 is 2.08 bits per heavy atom. The van der Waals surface area contributed by atoms with Gasteiger partial charge < -0.3 is 9.30 Å². The number of pyridine rings is 1. The van der Waals surface area contributed by atoms with E-state index in [-0.39, 0.29) is 5.41 Å². The predicted molar refractivity (Wildman–Crippen MR) is 93.8 cm³/mol. The Hall–Kier alpha value is -2.62. The van der Waals surface area contributed by atoms with Crippen molar-refractivity contribution < 1.29 is 9.53 Å². The third kappa shape index (κ3) is 2.48. The van der Waals surface area contributed by atoms with Crippen molar-refractivity contribution in [3.8, 4) is 5.75 Å². The van der Waals surface area contributed by atoms with Gasteiger partial charge in [0.15, 0.2) is 6.29 Å². The van der Waals surface area contributed by atoms with Crippen LogP contribution < -0.4 is 4.74 Å². The number of methoxy groups -OCH3 is 1. The van der Waals surface area contributed by atoms with Crippen LogP contribution in [0.3, 0.4) is 0 Å². The van der Waals surface area contributed by atoms with Gasteiger partial charge in [-0.1, -0.05) is 13.0 Å². The number of benzene rings is 1. The Morgan fingerprint density at radius 3 is 2.79 bits per heavy atom. The largest absolute Gasteiger partial charge is 0.497 e. The van der Waals surface area contributed by atoms with Gasteiger partial charge in [-0.2, -0.15) is 0 Å². The first-order valence-electron chi connectivity index (χ1n) is 8.22. The molecule has 1 saturated carbocycles. The van der Waals surface area contributed by atoms with Gasteiger partial charge in [0.2, 0.25) is 0 Å². The molecule has 0 saturated heterocycles. The molecule has 0 bridgehead atoms. The van der Waals surface area contributed by atoms with E-state index in [1.807, 2.05) is 18.2 Å². The van der Waals surface area contributed by atoms with Crippen LogP contribution in [0.5, 0.6) is 5.75 Å². The number of nitrogens with zero attached hydrogens (tertiary/aromatic N) is 2. The summed E-state index contributed by atoms with van der Waals surface area (Å²) in [7, 11) is 1.69. The van der Waals surface area contributed by atoms with Gasteiger partial charge in [0.25, 0.3) is 0 Å².